The van der Waals surface area contributed by atoms with Gasteiger partial charge in [0.25, 0.3) is 0 Å². The van der Waals surface area contributed by atoms with Gasteiger partial charge in [-0.15, -0.1) is 0 Å². The van der Waals surface area contributed by atoms with Crippen molar-refractivity contribution >= 4 is 11.6 Å². The van der Waals surface area contributed by atoms with Crippen LogP contribution in [0, 0.1) is 11.7 Å². The van der Waals surface area contributed by atoms with Crippen molar-refractivity contribution in [1.82, 2.24) is 0 Å². The van der Waals surface area contributed by atoms with E-state index in [9.17, 15) is 9.50 Å². The number of phenols is 1. The lowest BCUT2D eigenvalue weighted by atomic mass is 10.0. The molecular formula is C10H11ClFNO. The molecule has 0 radical (unpaired) electrons. The number of aromatic hydroxyl groups is 1. The van der Waals surface area contributed by atoms with E-state index in [1.807, 2.05) is 0 Å². The van der Waals surface area contributed by atoms with Crippen molar-refractivity contribution in [2.75, 3.05) is 0 Å². The molecular weight excluding hydrogens is 205 g/mol. The minimum atomic E-state index is -0.705. The van der Waals surface area contributed by atoms with Crippen molar-refractivity contribution in [2.24, 2.45) is 11.7 Å². The molecule has 0 aromatic heterocycles. The van der Waals surface area contributed by atoms with Crippen LogP contribution in [0.1, 0.15) is 24.4 Å². The van der Waals surface area contributed by atoms with Crippen molar-refractivity contribution in [3.05, 3.63) is 28.5 Å². The fourth-order valence-corrected chi connectivity index (χ4v) is 1.76. The smallest absolute Gasteiger partial charge is 0.166 e. The summed E-state index contributed by atoms with van der Waals surface area (Å²) in [7, 11) is 0. The van der Waals surface area contributed by atoms with Crippen LogP contribution in [0.2, 0.25) is 5.02 Å². The second-order valence-corrected chi connectivity index (χ2v) is 4.13. The number of rotatable bonds is 2. The lowest BCUT2D eigenvalue weighted by molar-refractivity contribution is 0.417. The summed E-state index contributed by atoms with van der Waals surface area (Å²) in [5.74, 6) is -0.712. The molecule has 1 atom stereocenters. The van der Waals surface area contributed by atoms with E-state index in [2.05, 4.69) is 0 Å². The van der Waals surface area contributed by atoms with E-state index < -0.39 is 5.82 Å². The van der Waals surface area contributed by atoms with Crippen LogP contribution in [-0.4, -0.2) is 5.11 Å². The lowest BCUT2D eigenvalue weighted by Crippen LogP contribution is -2.12. The first-order valence-corrected chi connectivity index (χ1v) is 4.91. The molecule has 3 N–H and O–H groups in total. The normalized spacial score (nSPS) is 18.2. The number of nitrogens with two attached hydrogens (primary N) is 1. The van der Waals surface area contributed by atoms with E-state index in [1.54, 1.807) is 0 Å². The third kappa shape index (κ3) is 1.70. The molecule has 1 fully saturated rings. The topological polar surface area (TPSA) is 46.2 Å². The van der Waals surface area contributed by atoms with Gasteiger partial charge in [-0.1, -0.05) is 11.6 Å². The SMILES string of the molecule is N[C@H](c1cc(Cl)cc(F)c1O)C1CC1. The Labute approximate surface area is 86.5 Å². The highest BCUT2D eigenvalue weighted by Crippen LogP contribution is 2.43. The minimum Gasteiger partial charge on any atom is -0.505 e. The van der Waals surface area contributed by atoms with Gasteiger partial charge in [0.15, 0.2) is 11.6 Å². The second kappa shape index (κ2) is 3.41. The summed E-state index contributed by atoms with van der Waals surface area (Å²) >= 11 is 5.68. The summed E-state index contributed by atoms with van der Waals surface area (Å²) in [4.78, 5) is 0. The zero-order chi connectivity index (χ0) is 10.3. The summed E-state index contributed by atoms with van der Waals surface area (Å²) in [5, 5.41) is 9.73. The maximum atomic E-state index is 13.1. The number of hydrogen-bond acceptors (Lipinski definition) is 2. The first kappa shape index (κ1) is 9.74. The fourth-order valence-electron chi connectivity index (χ4n) is 1.55. The van der Waals surface area contributed by atoms with Crippen LogP contribution in [0.5, 0.6) is 5.75 Å². The van der Waals surface area contributed by atoms with Crippen molar-refractivity contribution < 1.29 is 9.50 Å². The number of halogens is 2. The lowest BCUT2D eigenvalue weighted by Gasteiger charge is -2.13. The Hall–Kier alpha value is -0.800. The van der Waals surface area contributed by atoms with Gasteiger partial charge < -0.3 is 10.8 Å². The summed E-state index contributed by atoms with van der Waals surface area (Å²) in [6.45, 7) is 0. The van der Waals surface area contributed by atoms with Crippen molar-refractivity contribution in [1.29, 1.82) is 0 Å². The largest absolute Gasteiger partial charge is 0.505 e. The number of hydrogen-bond donors (Lipinski definition) is 2. The van der Waals surface area contributed by atoms with Crippen LogP contribution < -0.4 is 5.73 Å². The van der Waals surface area contributed by atoms with E-state index >= 15 is 0 Å². The molecule has 1 saturated carbocycles. The zero-order valence-corrected chi connectivity index (χ0v) is 8.26. The molecule has 1 aliphatic carbocycles. The number of phenolic OH excluding ortho intramolecular Hbond substituents is 1. The highest BCUT2D eigenvalue weighted by atomic mass is 35.5. The maximum absolute atomic E-state index is 13.1. The molecule has 0 spiro atoms. The monoisotopic (exact) mass is 215 g/mol. The summed E-state index contributed by atoms with van der Waals surface area (Å²) in [5.41, 5.74) is 6.27. The summed E-state index contributed by atoms with van der Waals surface area (Å²) in [6.07, 6.45) is 2.07. The molecule has 4 heteroatoms. The van der Waals surface area contributed by atoms with Gasteiger partial charge in [0.1, 0.15) is 0 Å². The molecule has 0 unspecified atom stereocenters. The van der Waals surface area contributed by atoms with E-state index in [-0.39, 0.29) is 16.8 Å². The molecule has 76 valence electrons. The van der Waals surface area contributed by atoms with Gasteiger partial charge in [0, 0.05) is 16.6 Å². The van der Waals surface area contributed by atoms with E-state index in [4.69, 9.17) is 17.3 Å². The van der Waals surface area contributed by atoms with Gasteiger partial charge in [-0.05, 0) is 30.9 Å². The predicted octanol–water partition coefficient (Wildman–Crippen LogP) is 2.59. The van der Waals surface area contributed by atoms with Gasteiger partial charge >= 0.3 is 0 Å². The van der Waals surface area contributed by atoms with Crippen LogP contribution in [0.3, 0.4) is 0 Å². The second-order valence-electron chi connectivity index (χ2n) is 3.69. The molecule has 1 aromatic carbocycles. The van der Waals surface area contributed by atoms with E-state index in [0.29, 0.717) is 11.5 Å². The minimum absolute atomic E-state index is 0.270. The van der Waals surface area contributed by atoms with Crippen molar-refractivity contribution in [2.45, 2.75) is 18.9 Å². The third-order valence-electron chi connectivity index (χ3n) is 2.55. The molecule has 0 saturated heterocycles. The third-order valence-corrected chi connectivity index (χ3v) is 2.76. The molecule has 0 aliphatic heterocycles. The Balaban J connectivity index is 2.39. The van der Waals surface area contributed by atoms with Crippen LogP contribution in [-0.2, 0) is 0 Å². The van der Waals surface area contributed by atoms with Crippen molar-refractivity contribution in [3.63, 3.8) is 0 Å². The van der Waals surface area contributed by atoms with Gasteiger partial charge in [0.2, 0.25) is 0 Å². The van der Waals surface area contributed by atoms with Crippen LogP contribution in [0.15, 0.2) is 12.1 Å². The average Bonchev–Trinajstić information content (AvgIpc) is 2.93. The van der Waals surface area contributed by atoms with Crippen molar-refractivity contribution in [3.8, 4) is 5.75 Å². The summed E-state index contributed by atoms with van der Waals surface area (Å²) in [6, 6.07) is 2.31. The Kier molecular flexibility index (Phi) is 2.37. The van der Waals surface area contributed by atoms with Crippen LogP contribution >= 0.6 is 11.6 Å². The average molecular weight is 216 g/mol. The van der Waals surface area contributed by atoms with Crippen LogP contribution in [0.4, 0.5) is 4.39 Å². The highest BCUT2D eigenvalue weighted by molar-refractivity contribution is 6.30. The molecule has 14 heavy (non-hydrogen) atoms. The number of benzene rings is 1. The Morgan fingerprint density at radius 3 is 2.71 bits per heavy atom. The van der Waals surface area contributed by atoms with Gasteiger partial charge in [-0.25, -0.2) is 4.39 Å². The van der Waals surface area contributed by atoms with E-state index in [1.165, 1.54) is 6.07 Å². The predicted molar refractivity (Wildman–Crippen MR) is 52.7 cm³/mol. The standard InChI is InChI=1S/C10H11ClFNO/c11-6-3-7(9(13)5-1-2-5)10(14)8(12)4-6/h3-5,9,14H,1-2,13H2/t9-/m0/s1. The molecule has 2 nitrogen and oxygen atoms in total. The molecule has 2 rings (SSSR count). The molecule has 0 heterocycles. The fraction of sp³-hybridized carbons (Fsp3) is 0.400. The maximum Gasteiger partial charge on any atom is 0.166 e. The Morgan fingerprint density at radius 2 is 2.14 bits per heavy atom. The first-order chi connectivity index (χ1) is 6.59. The molecule has 1 aromatic rings. The highest BCUT2D eigenvalue weighted by Gasteiger charge is 2.31. The van der Waals surface area contributed by atoms with Gasteiger partial charge in [-0.3, -0.25) is 0 Å². The molecule has 0 amide bonds. The molecule has 1 aliphatic rings. The Bertz CT molecular complexity index is 365. The van der Waals surface area contributed by atoms with Gasteiger partial charge in [-0.2, -0.15) is 0 Å². The van der Waals surface area contributed by atoms with Gasteiger partial charge in [0.05, 0.1) is 0 Å². The van der Waals surface area contributed by atoms with Crippen LogP contribution in [0.25, 0.3) is 0 Å². The summed E-state index contributed by atoms with van der Waals surface area (Å²) < 4.78 is 13.1. The molecule has 0 bridgehead atoms. The zero-order valence-electron chi connectivity index (χ0n) is 7.50. The Morgan fingerprint density at radius 1 is 1.50 bits per heavy atom. The quantitative estimate of drug-likeness (QED) is 0.797. The first-order valence-electron chi connectivity index (χ1n) is 4.53. The van der Waals surface area contributed by atoms with E-state index in [0.717, 1.165) is 18.9 Å².